The first kappa shape index (κ1) is 16.7. The maximum Gasteiger partial charge on any atom is 0.321 e. The second-order valence-corrected chi connectivity index (χ2v) is 6.35. The van der Waals surface area contributed by atoms with E-state index in [9.17, 15) is 13.2 Å². The lowest BCUT2D eigenvalue weighted by atomic mass is 10.2. The first-order valence-corrected chi connectivity index (χ1v) is 8.28. The van der Waals surface area contributed by atoms with Crippen molar-refractivity contribution in [3.63, 3.8) is 0 Å². The quantitative estimate of drug-likeness (QED) is 0.687. The van der Waals surface area contributed by atoms with Gasteiger partial charge in [0.25, 0.3) is 0 Å². The Morgan fingerprint density at radius 1 is 1.20 bits per heavy atom. The van der Waals surface area contributed by atoms with E-state index in [1.165, 1.54) is 4.31 Å². The molecule has 1 aromatic rings. The summed E-state index contributed by atoms with van der Waals surface area (Å²) < 4.78 is 30.7. The molecule has 0 heterocycles. The van der Waals surface area contributed by atoms with E-state index in [2.05, 4.69) is 0 Å². The molecule has 0 aromatic heterocycles. The Morgan fingerprint density at radius 3 is 2.40 bits per heavy atom. The average molecular weight is 299 g/mol. The van der Waals surface area contributed by atoms with Gasteiger partial charge in [-0.3, -0.25) is 4.79 Å². The van der Waals surface area contributed by atoms with Crippen molar-refractivity contribution in [2.24, 2.45) is 0 Å². The van der Waals surface area contributed by atoms with Crippen molar-refractivity contribution in [1.29, 1.82) is 0 Å². The van der Waals surface area contributed by atoms with Gasteiger partial charge >= 0.3 is 5.97 Å². The second kappa shape index (κ2) is 8.01. The Hall–Kier alpha value is -1.40. The van der Waals surface area contributed by atoms with Crippen LogP contribution in [0.2, 0.25) is 0 Å². The van der Waals surface area contributed by atoms with Crippen LogP contribution in [0.1, 0.15) is 25.8 Å². The summed E-state index contributed by atoms with van der Waals surface area (Å²) >= 11 is 0. The van der Waals surface area contributed by atoms with Gasteiger partial charge < -0.3 is 4.74 Å². The van der Waals surface area contributed by atoms with Gasteiger partial charge in [0, 0.05) is 6.54 Å². The molecule has 0 fully saturated rings. The average Bonchev–Trinajstić information content (AvgIpc) is 2.39. The monoisotopic (exact) mass is 299 g/mol. The van der Waals surface area contributed by atoms with Crippen LogP contribution in [0.15, 0.2) is 30.3 Å². The summed E-state index contributed by atoms with van der Waals surface area (Å²) in [5.74, 6) is -0.620. The number of nitrogens with zero attached hydrogens (tertiary/aromatic N) is 1. The molecule has 0 aliphatic rings. The predicted molar refractivity (Wildman–Crippen MR) is 77.6 cm³/mol. The number of hydrogen-bond acceptors (Lipinski definition) is 4. The molecule has 0 bridgehead atoms. The van der Waals surface area contributed by atoms with Crippen molar-refractivity contribution in [3.8, 4) is 0 Å². The van der Waals surface area contributed by atoms with Crippen LogP contribution in [0.3, 0.4) is 0 Å². The summed E-state index contributed by atoms with van der Waals surface area (Å²) in [5, 5.41) is 0. The van der Waals surface area contributed by atoms with Gasteiger partial charge in [0.15, 0.2) is 0 Å². The standard InChI is InChI=1S/C14H21NO4S/c1-3-10-15(11-14(16)19-4-2)20(17,18)12-13-8-6-5-7-9-13/h5-9H,3-4,10-12H2,1-2H3. The Labute approximate surface area is 120 Å². The fourth-order valence-corrected chi connectivity index (χ4v) is 3.35. The number of sulfonamides is 1. The molecule has 0 amide bonds. The third kappa shape index (κ3) is 5.30. The molecule has 1 rings (SSSR count). The fourth-order valence-electron chi connectivity index (χ4n) is 1.79. The molecule has 0 radical (unpaired) electrons. The largest absolute Gasteiger partial charge is 0.465 e. The predicted octanol–water partition coefficient (Wildman–Crippen LogP) is 1.79. The van der Waals surface area contributed by atoms with Crippen molar-refractivity contribution in [3.05, 3.63) is 35.9 Å². The molecule has 0 unspecified atom stereocenters. The van der Waals surface area contributed by atoms with Crippen LogP contribution >= 0.6 is 0 Å². The minimum Gasteiger partial charge on any atom is -0.465 e. The topological polar surface area (TPSA) is 63.7 Å². The lowest BCUT2D eigenvalue weighted by Crippen LogP contribution is -2.37. The molecule has 0 spiro atoms. The zero-order chi connectivity index (χ0) is 15.0. The summed E-state index contributed by atoms with van der Waals surface area (Å²) in [6.45, 7) is 3.90. The van der Waals surface area contributed by atoms with Crippen LogP contribution in [-0.4, -0.2) is 38.4 Å². The summed E-state index contributed by atoms with van der Waals surface area (Å²) in [4.78, 5) is 11.5. The second-order valence-electron chi connectivity index (χ2n) is 4.38. The first-order chi connectivity index (χ1) is 9.49. The number of hydrogen-bond donors (Lipinski definition) is 0. The highest BCUT2D eigenvalue weighted by Crippen LogP contribution is 2.11. The fraction of sp³-hybridized carbons (Fsp3) is 0.500. The number of rotatable bonds is 8. The molecular weight excluding hydrogens is 278 g/mol. The highest BCUT2D eigenvalue weighted by molar-refractivity contribution is 7.88. The number of benzene rings is 1. The van der Waals surface area contributed by atoms with E-state index in [1.807, 2.05) is 13.0 Å². The summed E-state index contributed by atoms with van der Waals surface area (Å²) in [5.41, 5.74) is 0.706. The minimum absolute atomic E-state index is 0.104. The van der Waals surface area contributed by atoms with Crippen LogP contribution in [0, 0.1) is 0 Å². The molecular formula is C14H21NO4S. The summed E-state index contributed by atoms with van der Waals surface area (Å²) in [7, 11) is -3.52. The summed E-state index contributed by atoms with van der Waals surface area (Å²) in [6.07, 6.45) is 0.646. The van der Waals surface area contributed by atoms with Crippen molar-refractivity contribution < 1.29 is 17.9 Å². The molecule has 0 aliphatic carbocycles. The Bertz CT molecular complexity index is 513. The van der Waals surface area contributed by atoms with Crippen molar-refractivity contribution in [2.45, 2.75) is 26.0 Å². The van der Waals surface area contributed by atoms with Gasteiger partial charge in [-0.25, -0.2) is 8.42 Å². The van der Waals surface area contributed by atoms with Gasteiger partial charge in [-0.1, -0.05) is 37.3 Å². The number of esters is 1. The molecule has 20 heavy (non-hydrogen) atoms. The van der Waals surface area contributed by atoms with E-state index in [4.69, 9.17) is 4.74 Å². The lowest BCUT2D eigenvalue weighted by Gasteiger charge is -2.20. The van der Waals surface area contributed by atoms with E-state index in [0.29, 0.717) is 18.5 Å². The molecule has 0 aliphatic heterocycles. The molecule has 112 valence electrons. The lowest BCUT2D eigenvalue weighted by molar-refractivity contribution is -0.143. The van der Waals surface area contributed by atoms with Crippen LogP contribution in [0.4, 0.5) is 0 Å². The maximum absolute atomic E-state index is 12.3. The molecule has 0 saturated carbocycles. The highest BCUT2D eigenvalue weighted by atomic mass is 32.2. The van der Waals surface area contributed by atoms with Crippen LogP contribution in [0.25, 0.3) is 0 Å². The zero-order valence-electron chi connectivity index (χ0n) is 11.9. The van der Waals surface area contributed by atoms with E-state index in [1.54, 1.807) is 31.2 Å². The van der Waals surface area contributed by atoms with Crippen molar-refractivity contribution >= 4 is 16.0 Å². The van der Waals surface area contributed by atoms with Gasteiger partial charge in [-0.05, 0) is 18.9 Å². The Balaban J connectivity index is 2.80. The van der Waals surface area contributed by atoms with Crippen LogP contribution in [-0.2, 0) is 25.3 Å². The molecule has 0 atom stereocenters. The van der Waals surface area contributed by atoms with E-state index < -0.39 is 16.0 Å². The van der Waals surface area contributed by atoms with E-state index >= 15 is 0 Å². The van der Waals surface area contributed by atoms with Crippen LogP contribution in [0.5, 0.6) is 0 Å². The highest BCUT2D eigenvalue weighted by Gasteiger charge is 2.24. The minimum atomic E-state index is -3.52. The van der Waals surface area contributed by atoms with Gasteiger partial charge in [0.2, 0.25) is 10.0 Å². The Morgan fingerprint density at radius 2 is 1.85 bits per heavy atom. The SMILES string of the molecule is CCCN(CC(=O)OCC)S(=O)(=O)Cc1ccccc1. The number of ether oxygens (including phenoxy) is 1. The van der Waals surface area contributed by atoms with Crippen molar-refractivity contribution in [1.82, 2.24) is 4.31 Å². The summed E-state index contributed by atoms with van der Waals surface area (Å²) in [6, 6.07) is 8.93. The number of carbonyl (C=O) groups excluding carboxylic acids is 1. The van der Waals surface area contributed by atoms with Gasteiger partial charge in [0.1, 0.15) is 6.54 Å². The molecule has 1 aromatic carbocycles. The van der Waals surface area contributed by atoms with E-state index in [-0.39, 0.29) is 18.9 Å². The van der Waals surface area contributed by atoms with E-state index in [0.717, 1.165) is 0 Å². The normalized spacial score (nSPS) is 11.6. The zero-order valence-corrected chi connectivity index (χ0v) is 12.7. The number of carbonyl (C=O) groups is 1. The first-order valence-electron chi connectivity index (χ1n) is 6.67. The molecule has 5 nitrogen and oxygen atoms in total. The molecule has 0 N–H and O–H groups in total. The van der Waals surface area contributed by atoms with Gasteiger partial charge in [-0.2, -0.15) is 4.31 Å². The van der Waals surface area contributed by atoms with Gasteiger partial charge in [-0.15, -0.1) is 0 Å². The molecule has 0 saturated heterocycles. The maximum atomic E-state index is 12.3. The molecule has 6 heteroatoms. The third-order valence-corrected chi connectivity index (χ3v) is 4.47. The van der Waals surface area contributed by atoms with Gasteiger partial charge in [0.05, 0.1) is 12.4 Å². The smallest absolute Gasteiger partial charge is 0.321 e. The Kier molecular flexibility index (Phi) is 6.67. The van der Waals surface area contributed by atoms with Crippen LogP contribution < -0.4 is 0 Å². The third-order valence-electron chi connectivity index (χ3n) is 2.67. The van der Waals surface area contributed by atoms with Crippen molar-refractivity contribution in [2.75, 3.05) is 19.7 Å².